The Kier molecular flexibility index (Phi) is 2.35. The van der Waals surface area contributed by atoms with Gasteiger partial charge in [0.15, 0.2) is 5.96 Å². The second-order valence-corrected chi connectivity index (χ2v) is 3.49. The molecule has 1 rings (SSSR count). The summed E-state index contributed by atoms with van der Waals surface area (Å²) in [4.78, 5) is 13.1. The number of carbonyl (C=O) groups is 1. The van der Waals surface area contributed by atoms with E-state index in [0.29, 0.717) is 13.1 Å². The van der Waals surface area contributed by atoms with Gasteiger partial charge in [0.25, 0.3) is 0 Å². The van der Waals surface area contributed by atoms with Crippen molar-refractivity contribution in [2.24, 2.45) is 17.6 Å². The Bertz CT molecular complexity index is 200. The number of nitrogens with one attached hydrogen (secondary N) is 1. The molecular weight excluding hydrogens is 154 g/mol. The number of hydrogen-bond acceptors (Lipinski definition) is 2. The van der Waals surface area contributed by atoms with Crippen LogP contribution in [0.1, 0.15) is 13.8 Å². The number of rotatable bonds is 0. The van der Waals surface area contributed by atoms with Crippen molar-refractivity contribution in [3.8, 4) is 0 Å². The van der Waals surface area contributed by atoms with Crippen molar-refractivity contribution in [3.05, 3.63) is 0 Å². The van der Waals surface area contributed by atoms with Crippen LogP contribution in [0.4, 0.5) is 0 Å². The zero-order chi connectivity index (χ0) is 9.30. The molecule has 1 aliphatic heterocycles. The fourth-order valence-electron chi connectivity index (χ4n) is 1.60. The van der Waals surface area contributed by atoms with Crippen LogP contribution in [0.5, 0.6) is 0 Å². The maximum atomic E-state index is 11.4. The number of hydrogen-bond donors (Lipinski definition) is 2. The molecule has 0 aromatic heterocycles. The summed E-state index contributed by atoms with van der Waals surface area (Å²) in [6.45, 7) is 4.96. The van der Waals surface area contributed by atoms with E-state index >= 15 is 0 Å². The number of nitrogens with zero attached hydrogens (tertiary/aromatic N) is 1. The van der Waals surface area contributed by atoms with Crippen molar-refractivity contribution in [1.29, 1.82) is 5.41 Å². The van der Waals surface area contributed by atoms with Gasteiger partial charge < -0.3 is 10.6 Å². The topological polar surface area (TPSA) is 70.2 Å². The van der Waals surface area contributed by atoms with Gasteiger partial charge in [-0.15, -0.1) is 0 Å². The molecule has 1 heterocycles. The number of Topliss-reactive ketones (excluding diaryl/α,β-unsaturated/α-hetero) is 1. The van der Waals surface area contributed by atoms with E-state index in [-0.39, 0.29) is 23.6 Å². The van der Waals surface area contributed by atoms with E-state index in [1.807, 2.05) is 13.8 Å². The Labute approximate surface area is 72.2 Å². The molecule has 68 valence electrons. The number of ketones is 1. The van der Waals surface area contributed by atoms with Crippen LogP contribution in [0.2, 0.25) is 0 Å². The molecule has 0 bridgehead atoms. The first-order valence-electron chi connectivity index (χ1n) is 4.15. The fraction of sp³-hybridized carbons (Fsp3) is 0.750. The van der Waals surface area contributed by atoms with E-state index < -0.39 is 0 Å². The molecule has 1 fully saturated rings. The average Bonchev–Trinajstić information content (AvgIpc) is 1.99. The van der Waals surface area contributed by atoms with Gasteiger partial charge in [-0.3, -0.25) is 10.2 Å². The first kappa shape index (κ1) is 9.03. The lowest BCUT2D eigenvalue weighted by molar-refractivity contribution is -0.128. The molecule has 0 aromatic rings. The van der Waals surface area contributed by atoms with Crippen LogP contribution < -0.4 is 5.73 Å². The SMILES string of the molecule is CC1CN(C(=N)N)CC(C)C1=O. The van der Waals surface area contributed by atoms with Crippen molar-refractivity contribution < 1.29 is 4.79 Å². The van der Waals surface area contributed by atoms with Gasteiger partial charge in [-0.2, -0.15) is 0 Å². The monoisotopic (exact) mass is 169 g/mol. The quantitative estimate of drug-likeness (QED) is 0.397. The maximum absolute atomic E-state index is 11.4. The van der Waals surface area contributed by atoms with Crippen LogP contribution in [-0.2, 0) is 4.79 Å². The Morgan fingerprint density at radius 2 is 1.92 bits per heavy atom. The van der Waals surface area contributed by atoms with Gasteiger partial charge in [0.2, 0.25) is 0 Å². The van der Waals surface area contributed by atoms with Gasteiger partial charge in [0.05, 0.1) is 0 Å². The van der Waals surface area contributed by atoms with Crippen molar-refractivity contribution in [2.45, 2.75) is 13.8 Å². The molecule has 0 aliphatic carbocycles. The molecule has 0 radical (unpaired) electrons. The number of guanidine groups is 1. The minimum Gasteiger partial charge on any atom is -0.370 e. The third-order valence-electron chi connectivity index (χ3n) is 2.30. The molecule has 12 heavy (non-hydrogen) atoms. The predicted octanol–water partition coefficient (Wildman–Crippen LogP) is 0.0368. The second-order valence-electron chi connectivity index (χ2n) is 3.49. The highest BCUT2D eigenvalue weighted by Gasteiger charge is 2.29. The third kappa shape index (κ3) is 1.57. The van der Waals surface area contributed by atoms with Gasteiger partial charge in [-0.05, 0) is 0 Å². The highest BCUT2D eigenvalue weighted by atomic mass is 16.1. The maximum Gasteiger partial charge on any atom is 0.188 e. The zero-order valence-electron chi connectivity index (χ0n) is 7.50. The van der Waals surface area contributed by atoms with Gasteiger partial charge in [0, 0.05) is 24.9 Å². The molecule has 2 unspecified atom stereocenters. The average molecular weight is 169 g/mol. The van der Waals surface area contributed by atoms with Gasteiger partial charge >= 0.3 is 0 Å². The molecule has 1 saturated heterocycles. The Morgan fingerprint density at radius 1 is 1.50 bits per heavy atom. The van der Waals surface area contributed by atoms with Crippen LogP contribution in [0.15, 0.2) is 0 Å². The third-order valence-corrected chi connectivity index (χ3v) is 2.30. The second kappa shape index (κ2) is 3.13. The van der Waals surface area contributed by atoms with Crippen LogP contribution in [0.3, 0.4) is 0 Å². The lowest BCUT2D eigenvalue weighted by atomic mass is 9.90. The smallest absolute Gasteiger partial charge is 0.188 e. The molecule has 0 spiro atoms. The van der Waals surface area contributed by atoms with E-state index in [1.54, 1.807) is 4.90 Å². The number of likely N-dealkylation sites (tertiary alicyclic amines) is 1. The van der Waals surface area contributed by atoms with Crippen molar-refractivity contribution in [1.82, 2.24) is 4.90 Å². The van der Waals surface area contributed by atoms with E-state index in [0.717, 1.165) is 0 Å². The van der Waals surface area contributed by atoms with Crippen LogP contribution in [0, 0.1) is 17.2 Å². The molecule has 4 nitrogen and oxygen atoms in total. The highest BCUT2D eigenvalue weighted by molar-refractivity contribution is 5.86. The highest BCUT2D eigenvalue weighted by Crippen LogP contribution is 2.16. The summed E-state index contributed by atoms with van der Waals surface area (Å²) in [5, 5.41) is 7.23. The predicted molar refractivity (Wildman–Crippen MR) is 46.8 cm³/mol. The first-order chi connectivity index (χ1) is 5.52. The normalized spacial score (nSPS) is 30.5. The lowest BCUT2D eigenvalue weighted by Crippen LogP contribution is -2.49. The molecule has 4 heteroatoms. The van der Waals surface area contributed by atoms with E-state index in [1.165, 1.54) is 0 Å². The number of piperidine rings is 1. The van der Waals surface area contributed by atoms with Crippen molar-refractivity contribution in [2.75, 3.05) is 13.1 Å². The van der Waals surface area contributed by atoms with E-state index in [2.05, 4.69) is 0 Å². The number of carbonyl (C=O) groups excluding carboxylic acids is 1. The minimum absolute atomic E-state index is 0.0117. The standard InChI is InChI=1S/C8H15N3O/c1-5-3-11(8(9)10)4-6(2)7(5)12/h5-6H,3-4H2,1-2H3,(H3,9,10). The Morgan fingerprint density at radius 3 is 2.25 bits per heavy atom. The van der Waals surface area contributed by atoms with Crippen molar-refractivity contribution in [3.63, 3.8) is 0 Å². The molecule has 0 amide bonds. The summed E-state index contributed by atoms with van der Waals surface area (Å²) < 4.78 is 0. The summed E-state index contributed by atoms with van der Waals surface area (Å²) >= 11 is 0. The Hall–Kier alpha value is -1.06. The van der Waals surface area contributed by atoms with Crippen LogP contribution in [-0.4, -0.2) is 29.7 Å². The van der Waals surface area contributed by atoms with E-state index in [4.69, 9.17) is 11.1 Å². The largest absolute Gasteiger partial charge is 0.370 e. The summed E-state index contributed by atoms with van der Waals surface area (Å²) in [5.74, 6) is 0.379. The van der Waals surface area contributed by atoms with Crippen LogP contribution >= 0.6 is 0 Å². The molecule has 2 atom stereocenters. The Balaban J connectivity index is 2.65. The van der Waals surface area contributed by atoms with Crippen LogP contribution in [0.25, 0.3) is 0 Å². The molecule has 0 saturated carbocycles. The first-order valence-corrected chi connectivity index (χ1v) is 4.15. The number of nitrogens with two attached hydrogens (primary N) is 1. The van der Waals surface area contributed by atoms with Gasteiger partial charge in [0.1, 0.15) is 5.78 Å². The molecule has 0 aromatic carbocycles. The molecule has 3 N–H and O–H groups in total. The zero-order valence-corrected chi connectivity index (χ0v) is 7.50. The lowest BCUT2D eigenvalue weighted by Gasteiger charge is -2.33. The molecular formula is C8H15N3O. The summed E-state index contributed by atoms with van der Waals surface area (Å²) in [6.07, 6.45) is 0. The summed E-state index contributed by atoms with van der Waals surface area (Å²) in [7, 11) is 0. The fourth-order valence-corrected chi connectivity index (χ4v) is 1.60. The minimum atomic E-state index is 0.0117. The van der Waals surface area contributed by atoms with Crippen molar-refractivity contribution >= 4 is 11.7 Å². The summed E-state index contributed by atoms with van der Waals surface area (Å²) in [6, 6.07) is 0. The summed E-state index contributed by atoms with van der Waals surface area (Å²) in [5.41, 5.74) is 5.33. The van der Waals surface area contributed by atoms with Gasteiger partial charge in [-0.1, -0.05) is 13.8 Å². The van der Waals surface area contributed by atoms with E-state index in [9.17, 15) is 4.79 Å². The molecule has 1 aliphatic rings. The van der Waals surface area contributed by atoms with Gasteiger partial charge in [-0.25, -0.2) is 0 Å².